The summed E-state index contributed by atoms with van der Waals surface area (Å²) in [6.45, 7) is 4.81. The molecule has 132 valence electrons. The van der Waals surface area contributed by atoms with E-state index in [-0.39, 0.29) is 18.6 Å². The first-order valence-electron chi connectivity index (χ1n) is 8.55. The maximum atomic E-state index is 12.1. The lowest BCUT2D eigenvalue weighted by Gasteiger charge is -2.08. The van der Waals surface area contributed by atoms with Gasteiger partial charge in [-0.1, -0.05) is 18.2 Å². The van der Waals surface area contributed by atoms with Gasteiger partial charge in [0.1, 0.15) is 5.57 Å². The van der Waals surface area contributed by atoms with E-state index in [9.17, 15) is 4.79 Å². The third kappa shape index (κ3) is 3.74. The molecule has 2 N–H and O–H groups in total. The molecule has 1 aliphatic rings. The molecule has 6 heteroatoms. The maximum Gasteiger partial charge on any atom is 0.277 e. The Kier molecular flexibility index (Phi) is 5.19. The van der Waals surface area contributed by atoms with Crippen molar-refractivity contribution in [3.8, 4) is 0 Å². The Morgan fingerprint density at radius 3 is 2.88 bits per heavy atom. The number of hydrazone groups is 1. The van der Waals surface area contributed by atoms with Crippen molar-refractivity contribution in [3.63, 3.8) is 0 Å². The Morgan fingerprint density at radius 1 is 1.32 bits per heavy atom. The largest absolute Gasteiger partial charge is 0.473 e. The second kappa shape index (κ2) is 7.53. The van der Waals surface area contributed by atoms with Crippen molar-refractivity contribution in [1.82, 2.24) is 9.99 Å². The number of rotatable bonds is 6. The Hall–Kier alpha value is -2.60. The minimum absolute atomic E-state index is 0.0605. The highest BCUT2D eigenvalue weighted by Crippen LogP contribution is 2.25. The summed E-state index contributed by atoms with van der Waals surface area (Å²) in [7, 11) is 0. The van der Waals surface area contributed by atoms with Crippen LogP contribution in [-0.4, -0.2) is 34.2 Å². The van der Waals surface area contributed by atoms with Crippen LogP contribution in [0.2, 0.25) is 0 Å². The molecule has 0 aliphatic carbocycles. The topological polar surface area (TPSA) is 75.8 Å². The van der Waals surface area contributed by atoms with Crippen molar-refractivity contribution >= 4 is 28.8 Å². The van der Waals surface area contributed by atoms with Crippen LogP contribution in [0.4, 0.5) is 0 Å². The molecule has 2 heterocycles. The smallest absolute Gasteiger partial charge is 0.277 e. The second-order valence-electron chi connectivity index (χ2n) is 6.31. The highest BCUT2D eigenvalue weighted by atomic mass is 16.5. The predicted molar refractivity (Wildman–Crippen MR) is 98.0 cm³/mol. The van der Waals surface area contributed by atoms with Gasteiger partial charge in [0.15, 0.2) is 0 Å². The number of carbonyl (C=O) groups is 1. The minimum Gasteiger partial charge on any atom is -0.473 e. The molecule has 3 rings (SSSR count). The van der Waals surface area contributed by atoms with Crippen molar-refractivity contribution in [2.45, 2.75) is 39.3 Å². The lowest BCUT2D eigenvalue weighted by molar-refractivity contribution is -0.116. The van der Waals surface area contributed by atoms with Gasteiger partial charge in [0.25, 0.3) is 5.91 Å². The third-order valence-electron chi connectivity index (χ3n) is 4.01. The first kappa shape index (κ1) is 17.2. The molecule has 1 aromatic carbocycles. The van der Waals surface area contributed by atoms with Gasteiger partial charge in [-0.2, -0.15) is 0 Å². The highest BCUT2D eigenvalue weighted by Gasteiger charge is 2.25. The van der Waals surface area contributed by atoms with Gasteiger partial charge in [0, 0.05) is 35.8 Å². The van der Waals surface area contributed by atoms with Crippen LogP contribution in [0, 0.1) is 0 Å². The van der Waals surface area contributed by atoms with E-state index in [2.05, 4.69) is 21.2 Å². The predicted octanol–water partition coefficient (Wildman–Crippen LogP) is 2.67. The SMILES string of the molecule is CC(C)OC1=NNC(=O)/C1=C/c1cn(CCCCO)c2ccccc12. The van der Waals surface area contributed by atoms with E-state index in [4.69, 9.17) is 9.84 Å². The number of hydrogen-bond acceptors (Lipinski definition) is 4. The molecular weight excluding hydrogens is 318 g/mol. The summed E-state index contributed by atoms with van der Waals surface area (Å²) in [5.41, 5.74) is 4.96. The summed E-state index contributed by atoms with van der Waals surface area (Å²) in [5.74, 6) is 0.0740. The van der Waals surface area contributed by atoms with Crippen molar-refractivity contribution in [2.75, 3.05) is 6.61 Å². The number of benzene rings is 1. The van der Waals surface area contributed by atoms with Crippen molar-refractivity contribution in [1.29, 1.82) is 0 Å². The Balaban J connectivity index is 1.98. The zero-order chi connectivity index (χ0) is 17.8. The molecule has 0 fully saturated rings. The van der Waals surface area contributed by atoms with Gasteiger partial charge in [-0.15, -0.1) is 5.10 Å². The molecule has 0 spiro atoms. The third-order valence-corrected chi connectivity index (χ3v) is 4.01. The number of aryl methyl sites for hydroxylation is 1. The quantitative estimate of drug-likeness (QED) is 0.626. The van der Waals surface area contributed by atoms with Gasteiger partial charge >= 0.3 is 0 Å². The monoisotopic (exact) mass is 341 g/mol. The minimum atomic E-state index is -0.257. The van der Waals surface area contributed by atoms with Crippen molar-refractivity contribution in [3.05, 3.63) is 41.6 Å². The van der Waals surface area contributed by atoms with Gasteiger partial charge in [-0.05, 0) is 38.8 Å². The maximum absolute atomic E-state index is 12.1. The van der Waals surface area contributed by atoms with E-state index in [0.717, 1.165) is 35.9 Å². The molecule has 0 saturated heterocycles. The van der Waals surface area contributed by atoms with Crippen LogP contribution in [-0.2, 0) is 16.1 Å². The van der Waals surface area contributed by atoms with Gasteiger partial charge in [-0.3, -0.25) is 4.79 Å². The number of fused-ring (bicyclic) bond motifs is 1. The van der Waals surface area contributed by atoms with E-state index in [1.807, 2.05) is 44.3 Å². The molecular formula is C19H23N3O3. The van der Waals surface area contributed by atoms with E-state index < -0.39 is 0 Å². The number of ether oxygens (including phenoxy) is 1. The lowest BCUT2D eigenvalue weighted by atomic mass is 10.1. The molecule has 25 heavy (non-hydrogen) atoms. The number of unbranched alkanes of at least 4 members (excludes halogenated alkanes) is 1. The van der Waals surface area contributed by atoms with Crippen LogP contribution in [0.3, 0.4) is 0 Å². The molecule has 0 radical (unpaired) electrons. The number of aliphatic hydroxyl groups is 1. The molecule has 0 unspecified atom stereocenters. The standard InChI is InChI=1S/C19H23N3O3/c1-13(2)25-19-16(18(24)20-21-19)11-14-12-22(9-5-6-10-23)17-8-4-3-7-15(14)17/h3-4,7-8,11-13,23H,5-6,9-10H2,1-2H3,(H,20,24)/b16-11-. The van der Waals surface area contributed by atoms with Crippen LogP contribution < -0.4 is 5.43 Å². The number of amides is 1. The number of hydrogen-bond donors (Lipinski definition) is 2. The average molecular weight is 341 g/mol. The molecule has 0 atom stereocenters. The van der Waals surface area contributed by atoms with Gasteiger partial charge < -0.3 is 14.4 Å². The summed E-state index contributed by atoms with van der Waals surface area (Å²) in [4.78, 5) is 12.1. The van der Waals surface area contributed by atoms with Crippen LogP contribution in [0.15, 0.2) is 41.1 Å². The molecule has 1 aliphatic heterocycles. The zero-order valence-electron chi connectivity index (χ0n) is 14.5. The summed E-state index contributed by atoms with van der Waals surface area (Å²) in [5, 5.41) is 14.0. The van der Waals surface area contributed by atoms with Crippen LogP contribution in [0.1, 0.15) is 32.3 Å². The molecule has 1 aromatic heterocycles. The number of para-hydroxylation sites is 1. The molecule has 6 nitrogen and oxygen atoms in total. The van der Waals surface area contributed by atoms with Gasteiger partial charge in [0.2, 0.25) is 5.90 Å². The molecule has 1 amide bonds. The summed E-state index contributed by atoms with van der Waals surface area (Å²) in [6.07, 6.45) is 5.47. The Labute approximate surface area is 146 Å². The number of carbonyl (C=O) groups excluding carboxylic acids is 1. The zero-order valence-corrected chi connectivity index (χ0v) is 14.5. The first-order valence-corrected chi connectivity index (χ1v) is 8.55. The van der Waals surface area contributed by atoms with Gasteiger partial charge in [-0.25, -0.2) is 5.43 Å². The fourth-order valence-corrected chi connectivity index (χ4v) is 2.88. The van der Waals surface area contributed by atoms with Gasteiger partial charge in [0.05, 0.1) is 6.10 Å². The molecule has 2 aromatic rings. The molecule has 0 bridgehead atoms. The lowest BCUT2D eigenvalue weighted by Crippen LogP contribution is -2.16. The summed E-state index contributed by atoms with van der Waals surface area (Å²) < 4.78 is 7.79. The molecule has 0 saturated carbocycles. The normalized spacial score (nSPS) is 15.9. The van der Waals surface area contributed by atoms with Crippen LogP contribution in [0.25, 0.3) is 17.0 Å². The highest BCUT2D eigenvalue weighted by molar-refractivity contribution is 6.25. The number of nitrogens with one attached hydrogen (secondary N) is 1. The Bertz CT molecular complexity index is 834. The van der Waals surface area contributed by atoms with E-state index in [0.29, 0.717) is 11.5 Å². The van der Waals surface area contributed by atoms with Crippen molar-refractivity contribution < 1.29 is 14.6 Å². The fraction of sp³-hybridized carbons (Fsp3) is 0.368. The summed E-state index contributed by atoms with van der Waals surface area (Å²) >= 11 is 0. The summed E-state index contributed by atoms with van der Waals surface area (Å²) in [6, 6.07) is 8.08. The Morgan fingerprint density at radius 2 is 2.12 bits per heavy atom. The van der Waals surface area contributed by atoms with Crippen molar-refractivity contribution in [2.24, 2.45) is 5.10 Å². The number of aromatic nitrogens is 1. The average Bonchev–Trinajstić information content (AvgIpc) is 3.11. The van der Waals surface area contributed by atoms with Crippen LogP contribution >= 0.6 is 0 Å². The van der Waals surface area contributed by atoms with E-state index in [1.165, 1.54) is 0 Å². The van der Waals surface area contributed by atoms with E-state index >= 15 is 0 Å². The van der Waals surface area contributed by atoms with E-state index in [1.54, 1.807) is 0 Å². The van der Waals surface area contributed by atoms with Crippen LogP contribution in [0.5, 0.6) is 0 Å². The first-order chi connectivity index (χ1) is 12.1. The second-order valence-corrected chi connectivity index (χ2v) is 6.31. The number of aliphatic hydroxyl groups excluding tert-OH is 1. The fourth-order valence-electron chi connectivity index (χ4n) is 2.88. The number of nitrogens with zero attached hydrogens (tertiary/aromatic N) is 2.